The van der Waals surface area contributed by atoms with Crippen LogP contribution in [-0.2, 0) is 17.4 Å². The summed E-state index contributed by atoms with van der Waals surface area (Å²) in [5.74, 6) is 1.57. The van der Waals surface area contributed by atoms with Gasteiger partial charge in [0.05, 0.1) is 25.3 Å². The largest absolute Gasteiger partial charge is 0.507 e. The fourth-order valence-corrected chi connectivity index (χ4v) is 5.12. The van der Waals surface area contributed by atoms with Gasteiger partial charge in [-0.3, -0.25) is 10.2 Å². The van der Waals surface area contributed by atoms with Crippen molar-refractivity contribution in [3.8, 4) is 17.4 Å². The van der Waals surface area contributed by atoms with Gasteiger partial charge in [-0.1, -0.05) is 53.7 Å². The molecule has 1 fully saturated rings. The highest BCUT2D eigenvalue weighted by molar-refractivity contribution is 5.91. The molecule has 0 atom stereocenters. The molecule has 3 N–H and O–H groups in total. The lowest BCUT2D eigenvalue weighted by Gasteiger charge is -2.33. The summed E-state index contributed by atoms with van der Waals surface area (Å²) in [7, 11) is 3.09. The molecule has 0 bridgehead atoms. The molecule has 0 aliphatic carbocycles. The van der Waals surface area contributed by atoms with Gasteiger partial charge in [-0.25, -0.2) is 14.8 Å². The van der Waals surface area contributed by atoms with Crippen LogP contribution < -0.4 is 20.1 Å². The van der Waals surface area contributed by atoms with Crippen molar-refractivity contribution >= 4 is 22.9 Å². The van der Waals surface area contributed by atoms with E-state index in [4.69, 9.17) is 9.47 Å². The fourth-order valence-electron chi connectivity index (χ4n) is 5.12. The summed E-state index contributed by atoms with van der Waals surface area (Å²) < 4.78 is 10.6. The van der Waals surface area contributed by atoms with Crippen LogP contribution in [-0.4, -0.2) is 59.4 Å². The van der Waals surface area contributed by atoms with Gasteiger partial charge < -0.3 is 19.9 Å². The second kappa shape index (κ2) is 11.5. The first-order chi connectivity index (χ1) is 18.8. The van der Waals surface area contributed by atoms with Crippen LogP contribution in [0.5, 0.6) is 17.4 Å². The second-order valence-corrected chi connectivity index (χ2v) is 12.6. The van der Waals surface area contributed by atoms with Crippen LogP contribution in [0, 0.1) is 0 Å². The molecule has 2 aromatic carbocycles. The molecule has 1 saturated heterocycles. The minimum absolute atomic E-state index is 0.0471. The SMILES string of the molecule is COc1ccc2nc(OC)c(NC(=O)NC3CCN(Cc4cc(C(C)(C)C)c(O)c(C(C)(C)C)c4)CC3)nc2c1. The number of methoxy groups -OCH3 is 2. The Kier molecular flexibility index (Phi) is 8.44. The number of aromatic nitrogens is 2. The summed E-state index contributed by atoms with van der Waals surface area (Å²) in [6.07, 6.45) is 1.67. The van der Waals surface area contributed by atoms with Crippen LogP contribution in [0.15, 0.2) is 30.3 Å². The van der Waals surface area contributed by atoms with Gasteiger partial charge in [-0.15, -0.1) is 0 Å². The minimum Gasteiger partial charge on any atom is -0.507 e. The van der Waals surface area contributed by atoms with Crippen molar-refractivity contribution in [1.82, 2.24) is 20.2 Å². The predicted molar refractivity (Wildman–Crippen MR) is 159 cm³/mol. The van der Waals surface area contributed by atoms with Crippen LogP contribution in [0.25, 0.3) is 11.0 Å². The van der Waals surface area contributed by atoms with Crippen LogP contribution in [0.1, 0.15) is 71.1 Å². The fraction of sp³-hybridized carbons (Fsp3) is 0.516. The lowest BCUT2D eigenvalue weighted by Crippen LogP contribution is -2.45. The number of amides is 2. The van der Waals surface area contributed by atoms with Gasteiger partial charge in [0.15, 0.2) is 5.82 Å². The number of carbonyl (C=O) groups excluding carboxylic acids is 1. The molecule has 9 nitrogen and oxygen atoms in total. The third kappa shape index (κ3) is 6.75. The van der Waals surface area contributed by atoms with E-state index in [1.165, 1.54) is 12.7 Å². The quantitative estimate of drug-likeness (QED) is 0.360. The Hall–Kier alpha value is -3.59. The number of urea groups is 1. The number of aromatic hydroxyl groups is 1. The van der Waals surface area contributed by atoms with Crippen molar-refractivity contribution in [2.75, 3.05) is 32.6 Å². The minimum atomic E-state index is -0.337. The third-order valence-corrected chi connectivity index (χ3v) is 7.38. The number of phenols is 1. The monoisotopic (exact) mass is 549 g/mol. The zero-order chi connectivity index (χ0) is 29.2. The number of rotatable bonds is 6. The first kappa shape index (κ1) is 29.4. The number of piperidine rings is 1. The summed E-state index contributed by atoms with van der Waals surface area (Å²) in [6.45, 7) is 15.3. The third-order valence-electron chi connectivity index (χ3n) is 7.38. The highest BCUT2D eigenvalue weighted by atomic mass is 16.5. The lowest BCUT2D eigenvalue weighted by molar-refractivity contribution is 0.189. The smallest absolute Gasteiger partial charge is 0.320 e. The number of nitrogens with one attached hydrogen (secondary N) is 2. The van der Waals surface area contributed by atoms with E-state index in [1.807, 2.05) is 0 Å². The van der Waals surface area contributed by atoms with Gasteiger partial charge in [0.25, 0.3) is 5.88 Å². The number of hydrogen-bond donors (Lipinski definition) is 3. The summed E-state index contributed by atoms with van der Waals surface area (Å²) in [6, 6.07) is 9.38. The van der Waals surface area contributed by atoms with Crippen LogP contribution in [0.4, 0.5) is 10.6 Å². The van der Waals surface area contributed by atoms with E-state index in [-0.39, 0.29) is 34.6 Å². The number of ether oxygens (including phenoxy) is 2. The van der Waals surface area contributed by atoms with Crippen molar-refractivity contribution < 1.29 is 19.4 Å². The Labute approximate surface area is 237 Å². The molecule has 0 spiro atoms. The van der Waals surface area contributed by atoms with Gasteiger partial charge in [0.1, 0.15) is 11.5 Å². The highest BCUT2D eigenvalue weighted by Crippen LogP contribution is 2.40. The molecule has 0 radical (unpaired) electrons. The van der Waals surface area contributed by atoms with Gasteiger partial charge in [0.2, 0.25) is 0 Å². The highest BCUT2D eigenvalue weighted by Gasteiger charge is 2.28. The van der Waals surface area contributed by atoms with E-state index in [1.54, 1.807) is 25.3 Å². The molecule has 0 saturated carbocycles. The molecular formula is C31H43N5O4. The zero-order valence-electron chi connectivity index (χ0n) is 25.0. The van der Waals surface area contributed by atoms with E-state index < -0.39 is 0 Å². The number of likely N-dealkylation sites (tertiary alicyclic amines) is 1. The predicted octanol–water partition coefficient (Wildman–Crippen LogP) is 5.73. The Bertz CT molecular complexity index is 1330. The van der Waals surface area contributed by atoms with Crippen LogP contribution >= 0.6 is 0 Å². The number of carbonyl (C=O) groups is 1. The standard InChI is InChI=1S/C31H43N5O4/c1-30(2,3)22-15-19(16-23(26(22)37)31(4,5)6)18-36-13-11-20(12-14-36)32-29(38)35-27-28(40-8)34-24-10-9-21(39-7)17-25(24)33-27/h9-10,15-17,20,37H,11-14,18H2,1-8H3,(H2,32,33,35,38). The van der Waals surface area contributed by atoms with Crippen molar-refractivity contribution in [3.63, 3.8) is 0 Å². The number of benzene rings is 2. The topological polar surface area (TPSA) is 109 Å². The lowest BCUT2D eigenvalue weighted by atomic mass is 9.78. The summed E-state index contributed by atoms with van der Waals surface area (Å²) >= 11 is 0. The second-order valence-electron chi connectivity index (χ2n) is 12.6. The molecule has 1 aliphatic heterocycles. The molecule has 4 rings (SSSR count). The number of nitrogens with zero attached hydrogens (tertiary/aromatic N) is 3. The molecule has 2 amide bonds. The molecule has 1 aliphatic rings. The molecule has 40 heavy (non-hydrogen) atoms. The maximum absolute atomic E-state index is 12.9. The number of fused-ring (bicyclic) bond motifs is 1. The van der Waals surface area contributed by atoms with E-state index in [2.05, 4.69) is 79.2 Å². The molecule has 1 aromatic heterocycles. The summed E-state index contributed by atoms with van der Waals surface area (Å²) in [4.78, 5) is 24.3. The van der Waals surface area contributed by atoms with Gasteiger partial charge in [0, 0.05) is 31.7 Å². The van der Waals surface area contributed by atoms with Crippen molar-refractivity contribution in [3.05, 3.63) is 47.0 Å². The molecule has 216 valence electrons. The number of anilines is 1. The first-order valence-electron chi connectivity index (χ1n) is 13.8. The Morgan fingerprint density at radius 1 is 0.950 bits per heavy atom. The van der Waals surface area contributed by atoms with E-state index >= 15 is 0 Å². The van der Waals surface area contributed by atoms with Crippen LogP contribution in [0.3, 0.4) is 0 Å². The summed E-state index contributed by atoms with van der Waals surface area (Å²) in [5.41, 5.74) is 4.09. The van der Waals surface area contributed by atoms with E-state index in [9.17, 15) is 9.90 Å². The average molecular weight is 550 g/mol. The number of phenolic OH excluding ortho intramolecular Hbond substituents is 1. The molecule has 9 heteroatoms. The Balaban J connectivity index is 1.39. The molecule has 0 unspecified atom stereocenters. The van der Waals surface area contributed by atoms with Gasteiger partial charge in [-0.2, -0.15) is 0 Å². The normalized spacial score (nSPS) is 15.2. The zero-order valence-corrected chi connectivity index (χ0v) is 25.0. The Morgan fingerprint density at radius 3 is 2.12 bits per heavy atom. The number of hydrogen-bond acceptors (Lipinski definition) is 7. The maximum atomic E-state index is 12.9. The van der Waals surface area contributed by atoms with Crippen molar-refractivity contribution in [2.24, 2.45) is 0 Å². The van der Waals surface area contributed by atoms with Gasteiger partial charge >= 0.3 is 6.03 Å². The van der Waals surface area contributed by atoms with Crippen LogP contribution in [0.2, 0.25) is 0 Å². The van der Waals surface area contributed by atoms with E-state index in [0.717, 1.165) is 43.6 Å². The average Bonchev–Trinajstić information content (AvgIpc) is 2.88. The first-order valence-corrected chi connectivity index (χ1v) is 13.8. The van der Waals surface area contributed by atoms with Crippen molar-refractivity contribution in [1.29, 1.82) is 0 Å². The molecule has 3 aromatic rings. The van der Waals surface area contributed by atoms with E-state index in [0.29, 0.717) is 22.5 Å². The summed E-state index contributed by atoms with van der Waals surface area (Å²) in [5, 5.41) is 16.9. The maximum Gasteiger partial charge on any atom is 0.320 e. The Morgan fingerprint density at radius 2 is 1.57 bits per heavy atom. The van der Waals surface area contributed by atoms with Crippen molar-refractivity contribution in [2.45, 2.75) is 77.8 Å². The molecule has 2 heterocycles. The van der Waals surface area contributed by atoms with Gasteiger partial charge in [-0.05, 0) is 52.5 Å². The molecular weight excluding hydrogens is 506 g/mol.